The summed E-state index contributed by atoms with van der Waals surface area (Å²) in [5, 5.41) is 2.86. The Hall–Kier alpha value is -0.570. The molecule has 3 heteroatoms. The van der Waals surface area contributed by atoms with Gasteiger partial charge in [-0.2, -0.15) is 0 Å². The molecule has 3 N–H and O–H groups in total. The van der Waals surface area contributed by atoms with E-state index in [0.717, 1.165) is 19.3 Å². The lowest BCUT2D eigenvalue weighted by atomic mass is 10.1. The van der Waals surface area contributed by atoms with Crippen molar-refractivity contribution >= 4 is 5.91 Å². The maximum atomic E-state index is 10.9. The van der Waals surface area contributed by atoms with Crippen LogP contribution >= 0.6 is 0 Å². The van der Waals surface area contributed by atoms with Crippen molar-refractivity contribution in [1.29, 1.82) is 0 Å². The standard InChI is InChI=1S/C7H14N2O/c8-5-6-3-1-2-4-7(10)9-6/h6H,1-5,8H2,(H,9,10). The first-order chi connectivity index (χ1) is 4.83. The van der Waals surface area contributed by atoms with Crippen LogP contribution in [0.1, 0.15) is 25.7 Å². The molecule has 58 valence electrons. The van der Waals surface area contributed by atoms with E-state index in [4.69, 9.17) is 5.73 Å². The smallest absolute Gasteiger partial charge is 0.220 e. The summed E-state index contributed by atoms with van der Waals surface area (Å²) in [5.41, 5.74) is 5.42. The highest BCUT2D eigenvalue weighted by Crippen LogP contribution is 2.07. The van der Waals surface area contributed by atoms with E-state index in [9.17, 15) is 4.79 Å². The maximum absolute atomic E-state index is 10.9. The summed E-state index contributed by atoms with van der Waals surface area (Å²) in [5.74, 6) is 0.160. The van der Waals surface area contributed by atoms with Crippen LogP contribution in [0.5, 0.6) is 0 Å². The molecule has 0 aliphatic carbocycles. The molecule has 0 aromatic heterocycles. The van der Waals surface area contributed by atoms with Gasteiger partial charge in [-0.15, -0.1) is 0 Å². The van der Waals surface area contributed by atoms with Crippen LogP contribution in [0.2, 0.25) is 0 Å². The van der Waals surface area contributed by atoms with Crippen molar-refractivity contribution in [3.63, 3.8) is 0 Å². The van der Waals surface area contributed by atoms with Crippen molar-refractivity contribution in [3.05, 3.63) is 0 Å². The third-order valence-electron chi connectivity index (χ3n) is 1.86. The molecule has 0 aromatic rings. The molecule has 1 heterocycles. The van der Waals surface area contributed by atoms with Gasteiger partial charge in [-0.1, -0.05) is 6.42 Å². The topological polar surface area (TPSA) is 55.1 Å². The van der Waals surface area contributed by atoms with Crippen LogP contribution in [0.15, 0.2) is 0 Å². The molecule has 1 aliphatic rings. The average Bonchev–Trinajstić information content (AvgIpc) is 2.13. The Kier molecular flexibility index (Phi) is 2.68. The van der Waals surface area contributed by atoms with Gasteiger partial charge >= 0.3 is 0 Å². The minimum atomic E-state index is 0.160. The van der Waals surface area contributed by atoms with E-state index in [2.05, 4.69) is 5.32 Å². The van der Waals surface area contributed by atoms with E-state index < -0.39 is 0 Å². The molecule has 0 spiro atoms. The fourth-order valence-corrected chi connectivity index (χ4v) is 1.23. The molecule has 1 fully saturated rings. The minimum Gasteiger partial charge on any atom is -0.352 e. The summed E-state index contributed by atoms with van der Waals surface area (Å²) >= 11 is 0. The van der Waals surface area contributed by atoms with Crippen molar-refractivity contribution < 1.29 is 4.79 Å². The van der Waals surface area contributed by atoms with Gasteiger partial charge in [-0.3, -0.25) is 4.79 Å². The van der Waals surface area contributed by atoms with Gasteiger partial charge in [0.05, 0.1) is 0 Å². The van der Waals surface area contributed by atoms with Crippen molar-refractivity contribution in [2.75, 3.05) is 6.54 Å². The monoisotopic (exact) mass is 142 g/mol. The van der Waals surface area contributed by atoms with Gasteiger partial charge in [0, 0.05) is 19.0 Å². The van der Waals surface area contributed by atoms with Gasteiger partial charge in [0.15, 0.2) is 0 Å². The van der Waals surface area contributed by atoms with Gasteiger partial charge in [-0.05, 0) is 12.8 Å². The van der Waals surface area contributed by atoms with E-state index in [1.807, 2.05) is 0 Å². The van der Waals surface area contributed by atoms with E-state index in [0.29, 0.717) is 13.0 Å². The zero-order valence-electron chi connectivity index (χ0n) is 6.10. The van der Waals surface area contributed by atoms with E-state index >= 15 is 0 Å². The Morgan fingerprint density at radius 2 is 2.40 bits per heavy atom. The molecule has 1 saturated heterocycles. The molecular weight excluding hydrogens is 128 g/mol. The fraction of sp³-hybridized carbons (Fsp3) is 0.857. The van der Waals surface area contributed by atoms with Crippen molar-refractivity contribution in [2.24, 2.45) is 5.73 Å². The first-order valence-electron chi connectivity index (χ1n) is 3.82. The molecule has 1 unspecified atom stereocenters. The van der Waals surface area contributed by atoms with Gasteiger partial charge in [0.2, 0.25) is 5.91 Å². The summed E-state index contributed by atoms with van der Waals surface area (Å²) in [6, 6.07) is 0.231. The van der Waals surface area contributed by atoms with Crippen LogP contribution in [0.25, 0.3) is 0 Å². The summed E-state index contributed by atoms with van der Waals surface area (Å²) < 4.78 is 0. The first-order valence-corrected chi connectivity index (χ1v) is 3.82. The number of carbonyl (C=O) groups excluding carboxylic acids is 1. The number of amides is 1. The predicted molar refractivity (Wildman–Crippen MR) is 39.5 cm³/mol. The van der Waals surface area contributed by atoms with Crippen molar-refractivity contribution in [2.45, 2.75) is 31.7 Å². The number of rotatable bonds is 1. The van der Waals surface area contributed by atoms with Gasteiger partial charge in [0.1, 0.15) is 0 Å². The number of hydrogen-bond acceptors (Lipinski definition) is 2. The van der Waals surface area contributed by atoms with Gasteiger partial charge in [-0.25, -0.2) is 0 Å². The summed E-state index contributed by atoms with van der Waals surface area (Å²) in [6.45, 7) is 0.575. The highest BCUT2D eigenvalue weighted by atomic mass is 16.1. The highest BCUT2D eigenvalue weighted by molar-refractivity contribution is 5.76. The zero-order valence-corrected chi connectivity index (χ0v) is 6.10. The van der Waals surface area contributed by atoms with Crippen LogP contribution in [0.4, 0.5) is 0 Å². The third kappa shape index (κ3) is 1.99. The van der Waals surface area contributed by atoms with E-state index in [-0.39, 0.29) is 11.9 Å². The molecule has 1 atom stereocenters. The largest absolute Gasteiger partial charge is 0.352 e. The van der Waals surface area contributed by atoms with Crippen LogP contribution in [-0.2, 0) is 4.79 Å². The maximum Gasteiger partial charge on any atom is 0.220 e. The molecule has 10 heavy (non-hydrogen) atoms. The second-order valence-electron chi connectivity index (χ2n) is 2.75. The Bertz CT molecular complexity index is 125. The lowest BCUT2D eigenvalue weighted by molar-refractivity contribution is -0.121. The van der Waals surface area contributed by atoms with Crippen LogP contribution < -0.4 is 11.1 Å². The lowest BCUT2D eigenvalue weighted by Crippen LogP contribution is -2.38. The van der Waals surface area contributed by atoms with Crippen LogP contribution in [0.3, 0.4) is 0 Å². The highest BCUT2D eigenvalue weighted by Gasteiger charge is 2.13. The molecule has 0 radical (unpaired) electrons. The summed E-state index contributed by atoms with van der Waals surface area (Å²) in [4.78, 5) is 10.9. The Labute approximate surface area is 61.0 Å². The number of nitrogens with one attached hydrogen (secondary N) is 1. The lowest BCUT2D eigenvalue weighted by Gasteiger charge is -2.11. The predicted octanol–water partition coefficient (Wildman–Crippen LogP) is 0.00390. The molecule has 0 bridgehead atoms. The second-order valence-corrected chi connectivity index (χ2v) is 2.75. The summed E-state index contributed by atoms with van der Waals surface area (Å²) in [6.07, 6.45) is 3.86. The zero-order chi connectivity index (χ0) is 7.40. The SMILES string of the molecule is NCC1CCCCC(=O)N1. The second kappa shape index (κ2) is 3.56. The molecule has 3 nitrogen and oxygen atoms in total. The molecule has 1 aliphatic heterocycles. The molecule has 0 aromatic carbocycles. The number of hydrogen-bond donors (Lipinski definition) is 2. The Morgan fingerprint density at radius 1 is 1.60 bits per heavy atom. The average molecular weight is 142 g/mol. The summed E-state index contributed by atoms with van der Waals surface area (Å²) in [7, 11) is 0. The molecular formula is C7H14N2O. The quantitative estimate of drug-likeness (QED) is 0.541. The van der Waals surface area contributed by atoms with Gasteiger partial charge < -0.3 is 11.1 Å². The number of nitrogens with two attached hydrogens (primary N) is 1. The van der Waals surface area contributed by atoms with E-state index in [1.54, 1.807) is 0 Å². The number of carbonyl (C=O) groups is 1. The minimum absolute atomic E-state index is 0.160. The van der Waals surface area contributed by atoms with Crippen molar-refractivity contribution in [3.8, 4) is 0 Å². The normalized spacial score (nSPS) is 27.3. The van der Waals surface area contributed by atoms with Crippen LogP contribution in [0, 0.1) is 0 Å². The Morgan fingerprint density at radius 3 is 3.10 bits per heavy atom. The third-order valence-corrected chi connectivity index (χ3v) is 1.86. The first kappa shape index (κ1) is 7.54. The molecule has 1 amide bonds. The molecule has 0 saturated carbocycles. The van der Waals surface area contributed by atoms with Crippen molar-refractivity contribution in [1.82, 2.24) is 5.32 Å². The van der Waals surface area contributed by atoms with E-state index in [1.165, 1.54) is 0 Å². The Balaban J connectivity index is 2.38. The van der Waals surface area contributed by atoms with Crippen LogP contribution in [-0.4, -0.2) is 18.5 Å². The van der Waals surface area contributed by atoms with Gasteiger partial charge in [0.25, 0.3) is 0 Å². The molecule has 1 rings (SSSR count). The fourth-order valence-electron chi connectivity index (χ4n) is 1.23.